The highest BCUT2D eigenvalue weighted by atomic mass is 32.2. The fourth-order valence-electron chi connectivity index (χ4n) is 0.578. The third-order valence-electron chi connectivity index (χ3n) is 1.17. The van der Waals surface area contributed by atoms with E-state index in [1.807, 2.05) is 0 Å². The lowest BCUT2D eigenvalue weighted by Gasteiger charge is -2.00. The van der Waals surface area contributed by atoms with E-state index in [2.05, 4.69) is 5.10 Å². The molecular formula is C4H5F3N3O2S+. The lowest BCUT2D eigenvalue weighted by molar-refractivity contribution is -0.671. The molecule has 0 unspecified atom stereocenters. The van der Waals surface area contributed by atoms with Crippen molar-refractivity contribution in [1.82, 2.24) is 9.19 Å². The Labute approximate surface area is 71.5 Å². The number of aryl methyl sites for hydroxylation is 1. The molecule has 74 valence electrons. The molecule has 13 heavy (non-hydrogen) atoms. The van der Waals surface area contributed by atoms with E-state index in [-0.39, 0.29) is 4.09 Å². The largest absolute Gasteiger partial charge is 0.533 e. The molecule has 0 saturated carbocycles. The molecule has 1 rings (SSSR count). The zero-order chi connectivity index (χ0) is 10.3. The topological polar surface area (TPSA) is 55.8 Å². The second-order valence-electron chi connectivity index (χ2n) is 2.24. The minimum atomic E-state index is -5.37. The molecule has 0 atom stereocenters. The number of hydrogen-bond acceptors (Lipinski definition) is 3. The van der Waals surface area contributed by atoms with Crippen LogP contribution in [0.2, 0.25) is 0 Å². The van der Waals surface area contributed by atoms with Gasteiger partial charge in [0.05, 0.1) is 12.1 Å². The van der Waals surface area contributed by atoms with Gasteiger partial charge in [0, 0.05) is 4.09 Å². The Morgan fingerprint density at radius 1 is 1.46 bits per heavy atom. The Morgan fingerprint density at radius 2 is 2.00 bits per heavy atom. The third kappa shape index (κ3) is 1.64. The Balaban J connectivity index is 3.24. The van der Waals surface area contributed by atoms with Crippen LogP contribution in [0.4, 0.5) is 13.2 Å². The van der Waals surface area contributed by atoms with E-state index in [0.717, 1.165) is 10.9 Å². The van der Waals surface area contributed by atoms with Gasteiger partial charge in [0.2, 0.25) is 6.33 Å². The molecule has 0 saturated heterocycles. The average molecular weight is 216 g/mol. The molecule has 0 amide bonds. The minimum Gasteiger partial charge on any atom is -0.239 e. The van der Waals surface area contributed by atoms with Crippen molar-refractivity contribution >= 4 is 10.0 Å². The first-order valence-corrected chi connectivity index (χ1v) is 4.41. The minimum absolute atomic E-state index is 0.132. The number of rotatable bonds is 1. The summed E-state index contributed by atoms with van der Waals surface area (Å²) in [6.45, 7) is 0. The Bertz CT molecular complexity index is 407. The lowest BCUT2D eigenvalue weighted by atomic mass is 11.1. The van der Waals surface area contributed by atoms with Crippen LogP contribution in [0, 0.1) is 0 Å². The standard InChI is InChI=1S/C4H5F3N3O2S/c1-9-2-8-10(3-9)13(11,12)4(5,6)7/h2-3H,1H3/q+1. The summed E-state index contributed by atoms with van der Waals surface area (Å²) in [4.78, 5) is 0. The first-order chi connectivity index (χ1) is 5.75. The highest BCUT2D eigenvalue weighted by molar-refractivity contribution is 7.90. The van der Waals surface area contributed by atoms with Crippen molar-refractivity contribution in [3.8, 4) is 0 Å². The molecule has 5 nitrogen and oxygen atoms in total. The maximum atomic E-state index is 11.9. The summed E-state index contributed by atoms with van der Waals surface area (Å²) in [5, 5.41) is 3.03. The summed E-state index contributed by atoms with van der Waals surface area (Å²) in [7, 11) is -4.01. The molecule has 0 fully saturated rings. The number of aromatic nitrogens is 3. The van der Waals surface area contributed by atoms with Crippen molar-refractivity contribution in [3.05, 3.63) is 12.7 Å². The van der Waals surface area contributed by atoms with Crippen molar-refractivity contribution in [2.45, 2.75) is 5.51 Å². The van der Waals surface area contributed by atoms with Crippen LogP contribution in [0.15, 0.2) is 12.7 Å². The summed E-state index contributed by atoms with van der Waals surface area (Å²) >= 11 is 0. The Kier molecular flexibility index (Phi) is 2.06. The molecule has 0 aliphatic rings. The molecule has 0 aliphatic heterocycles. The molecule has 1 heterocycles. The second kappa shape index (κ2) is 2.69. The second-order valence-corrected chi connectivity index (χ2v) is 4.02. The summed E-state index contributed by atoms with van der Waals surface area (Å²) in [6, 6.07) is 0. The molecule has 0 aromatic carbocycles. The molecule has 0 spiro atoms. The summed E-state index contributed by atoms with van der Waals surface area (Å²) < 4.78 is 57.8. The summed E-state index contributed by atoms with van der Waals surface area (Å²) in [6.07, 6.45) is 1.66. The first kappa shape index (κ1) is 9.96. The molecule has 0 aliphatic carbocycles. The monoisotopic (exact) mass is 216 g/mol. The fourth-order valence-corrected chi connectivity index (χ4v) is 1.23. The van der Waals surface area contributed by atoms with Gasteiger partial charge in [-0.25, -0.2) is 4.57 Å². The molecule has 0 radical (unpaired) electrons. The van der Waals surface area contributed by atoms with E-state index in [0.29, 0.717) is 6.33 Å². The van der Waals surface area contributed by atoms with Gasteiger partial charge in [-0.05, 0) is 0 Å². The van der Waals surface area contributed by atoms with Gasteiger partial charge in [0.25, 0.3) is 6.33 Å². The zero-order valence-corrected chi connectivity index (χ0v) is 7.17. The van der Waals surface area contributed by atoms with Gasteiger partial charge in [0.15, 0.2) is 0 Å². The number of alkyl halides is 3. The summed E-state index contributed by atoms with van der Waals surface area (Å²) in [5.41, 5.74) is -5.33. The normalized spacial score (nSPS) is 13.2. The van der Waals surface area contributed by atoms with Gasteiger partial charge >= 0.3 is 15.5 Å². The maximum absolute atomic E-state index is 11.9. The third-order valence-corrected chi connectivity index (χ3v) is 2.43. The number of hydrogen-bond donors (Lipinski definition) is 0. The molecule has 9 heteroatoms. The van der Waals surface area contributed by atoms with E-state index in [9.17, 15) is 21.6 Å². The zero-order valence-electron chi connectivity index (χ0n) is 6.35. The number of halogens is 3. The van der Waals surface area contributed by atoms with Crippen LogP contribution >= 0.6 is 0 Å². The van der Waals surface area contributed by atoms with E-state index in [1.165, 1.54) is 7.05 Å². The molecule has 0 bridgehead atoms. The van der Waals surface area contributed by atoms with Crippen LogP contribution in [0.5, 0.6) is 0 Å². The molecule has 1 aromatic heterocycles. The van der Waals surface area contributed by atoms with E-state index in [4.69, 9.17) is 0 Å². The Hall–Kier alpha value is -1.12. The van der Waals surface area contributed by atoms with Crippen molar-refractivity contribution in [1.29, 1.82) is 0 Å². The van der Waals surface area contributed by atoms with Crippen molar-refractivity contribution in [2.75, 3.05) is 0 Å². The van der Waals surface area contributed by atoms with Crippen LogP contribution in [0.1, 0.15) is 0 Å². The van der Waals surface area contributed by atoms with Crippen LogP contribution in [0.3, 0.4) is 0 Å². The quantitative estimate of drug-likeness (QED) is 0.589. The van der Waals surface area contributed by atoms with E-state index < -0.39 is 15.5 Å². The van der Waals surface area contributed by atoms with Crippen LogP contribution in [0.25, 0.3) is 0 Å². The van der Waals surface area contributed by atoms with Gasteiger partial charge in [-0.3, -0.25) is 0 Å². The van der Waals surface area contributed by atoms with E-state index >= 15 is 0 Å². The molecule has 1 aromatic rings. The van der Waals surface area contributed by atoms with Gasteiger partial charge in [0.1, 0.15) is 0 Å². The van der Waals surface area contributed by atoms with Crippen molar-refractivity contribution in [3.63, 3.8) is 0 Å². The van der Waals surface area contributed by atoms with Gasteiger partial charge in [-0.2, -0.15) is 21.6 Å². The van der Waals surface area contributed by atoms with Gasteiger partial charge in [-0.1, -0.05) is 0 Å². The number of nitrogens with zero attached hydrogens (tertiary/aromatic N) is 3. The van der Waals surface area contributed by atoms with Crippen LogP contribution in [-0.2, 0) is 17.1 Å². The first-order valence-electron chi connectivity index (χ1n) is 2.97. The maximum Gasteiger partial charge on any atom is 0.533 e. The smallest absolute Gasteiger partial charge is 0.239 e. The van der Waals surface area contributed by atoms with E-state index in [1.54, 1.807) is 0 Å². The lowest BCUT2D eigenvalue weighted by Crippen LogP contribution is -2.32. The summed E-state index contributed by atoms with van der Waals surface area (Å²) in [5.74, 6) is 0. The molecular weight excluding hydrogens is 211 g/mol. The predicted molar refractivity (Wildman–Crippen MR) is 33.8 cm³/mol. The van der Waals surface area contributed by atoms with Crippen molar-refractivity contribution < 1.29 is 26.2 Å². The predicted octanol–water partition coefficient (Wildman–Crippen LogP) is -0.595. The van der Waals surface area contributed by atoms with Crippen LogP contribution in [-0.4, -0.2) is 23.1 Å². The molecule has 0 N–H and O–H groups in total. The highest BCUT2D eigenvalue weighted by Crippen LogP contribution is 2.23. The average Bonchev–Trinajstić information content (AvgIpc) is 2.33. The Morgan fingerprint density at radius 3 is 2.31 bits per heavy atom. The van der Waals surface area contributed by atoms with Crippen molar-refractivity contribution in [2.24, 2.45) is 7.05 Å². The fraction of sp³-hybridized carbons (Fsp3) is 0.500. The van der Waals surface area contributed by atoms with Gasteiger partial charge < -0.3 is 0 Å². The van der Waals surface area contributed by atoms with Crippen LogP contribution < -0.4 is 4.57 Å². The SMILES string of the molecule is C[n+]1cnn(S(=O)(=O)C(F)(F)F)c1. The van der Waals surface area contributed by atoms with Gasteiger partial charge in [-0.15, -0.1) is 0 Å². The highest BCUT2D eigenvalue weighted by Gasteiger charge is 2.52.